The molecule has 3 heteroatoms. The van der Waals surface area contributed by atoms with Crippen LogP contribution in [0.25, 0.3) is 0 Å². The van der Waals surface area contributed by atoms with E-state index < -0.39 is 0 Å². The van der Waals surface area contributed by atoms with Crippen LogP contribution in [0.15, 0.2) is 18.2 Å². The highest BCUT2D eigenvalue weighted by Gasteiger charge is 2.39. The van der Waals surface area contributed by atoms with Crippen LogP contribution in [-0.2, 0) is 4.79 Å². The molecule has 1 aliphatic heterocycles. The van der Waals surface area contributed by atoms with Crippen molar-refractivity contribution in [3.05, 3.63) is 34.9 Å². The van der Waals surface area contributed by atoms with Crippen molar-refractivity contribution in [1.82, 2.24) is 4.90 Å². The molecule has 2 atom stereocenters. The van der Waals surface area contributed by atoms with Crippen LogP contribution in [0, 0.1) is 13.8 Å². The number of rotatable bonds is 1. The van der Waals surface area contributed by atoms with Crippen molar-refractivity contribution >= 4 is 5.91 Å². The Morgan fingerprint density at radius 1 is 1.24 bits per heavy atom. The minimum absolute atomic E-state index is 0.00354. The Morgan fingerprint density at radius 3 is 2.52 bits per heavy atom. The molecule has 0 radical (unpaired) electrons. The van der Waals surface area contributed by atoms with Gasteiger partial charge in [-0.15, -0.1) is 0 Å². The quantitative estimate of drug-likeness (QED) is 0.860. The van der Waals surface area contributed by atoms with Crippen molar-refractivity contribution in [2.75, 3.05) is 0 Å². The van der Waals surface area contributed by atoms with Gasteiger partial charge in [-0.05, 0) is 58.6 Å². The Morgan fingerprint density at radius 2 is 1.90 bits per heavy atom. The number of carbonyl (C=O) groups is 1. The van der Waals surface area contributed by atoms with Crippen molar-refractivity contribution in [1.29, 1.82) is 0 Å². The molecule has 21 heavy (non-hydrogen) atoms. The van der Waals surface area contributed by atoms with Gasteiger partial charge in [0.05, 0.1) is 6.04 Å². The smallest absolute Gasteiger partial charge is 0.223 e. The summed E-state index contributed by atoms with van der Waals surface area (Å²) in [5, 5.41) is 0. The van der Waals surface area contributed by atoms with Crippen LogP contribution in [0.3, 0.4) is 0 Å². The number of nitrogens with zero attached hydrogens (tertiary/aromatic N) is 1. The summed E-state index contributed by atoms with van der Waals surface area (Å²) in [6.07, 6.45) is 2.39. The first-order valence-corrected chi connectivity index (χ1v) is 7.86. The molecule has 1 heterocycles. The first-order chi connectivity index (χ1) is 9.71. The lowest BCUT2D eigenvalue weighted by Crippen LogP contribution is -2.51. The summed E-state index contributed by atoms with van der Waals surface area (Å²) in [5.41, 5.74) is 9.89. The second-order valence-corrected chi connectivity index (χ2v) is 7.30. The van der Waals surface area contributed by atoms with Crippen molar-refractivity contribution in [2.45, 2.75) is 71.5 Å². The third-order valence-corrected chi connectivity index (χ3v) is 4.36. The molecule has 0 saturated carbocycles. The van der Waals surface area contributed by atoms with Crippen LogP contribution >= 0.6 is 0 Å². The van der Waals surface area contributed by atoms with Crippen LogP contribution < -0.4 is 5.73 Å². The molecule has 0 spiro atoms. The van der Waals surface area contributed by atoms with E-state index in [2.05, 4.69) is 52.8 Å². The largest absolute Gasteiger partial charge is 0.329 e. The predicted octanol–water partition coefficient (Wildman–Crippen LogP) is 3.48. The fourth-order valence-electron chi connectivity index (χ4n) is 3.35. The maximum absolute atomic E-state index is 12.7. The molecule has 1 aromatic carbocycles. The van der Waals surface area contributed by atoms with Gasteiger partial charge >= 0.3 is 0 Å². The highest BCUT2D eigenvalue weighted by Crippen LogP contribution is 2.37. The molecule has 1 saturated heterocycles. The van der Waals surface area contributed by atoms with Crippen LogP contribution in [0.4, 0.5) is 0 Å². The SMILES string of the molecule is Cc1ccc(C)c(C2C(N)CCCC(=O)N2C(C)(C)C)c1. The zero-order valence-electron chi connectivity index (χ0n) is 13.9. The molecular formula is C18H28N2O. The Balaban J connectivity index is 2.57. The van der Waals surface area contributed by atoms with E-state index in [-0.39, 0.29) is 23.5 Å². The van der Waals surface area contributed by atoms with E-state index >= 15 is 0 Å². The second-order valence-electron chi connectivity index (χ2n) is 7.30. The van der Waals surface area contributed by atoms with Gasteiger partial charge in [-0.25, -0.2) is 0 Å². The van der Waals surface area contributed by atoms with Crippen molar-refractivity contribution in [3.63, 3.8) is 0 Å². The fourth-order valence-corrected chi connectivity index (χ4v) is 3.35. The molecule has 3 nitrogen and oxygen atoms in total. The topological polar surface area (TPSA) is 46.3 Å². The summed E-state index contributed by atoms with van der Waals surface area (Å²) in [7, 11) is 0. The van der Waals surface area contributed by atoms with Gasteiger partial charge in [-0.2, -0.15) is 0 Å². The molecular weight excluding hydrogens is 260 g/mol. The maximum Gasteiger partial charge on any atom is 0.223 e. The summed E-state index contributed by atoms with van der Waals surface area (Å²) in [4.78, 5) is 14.7. The van der Waals surface area contributed by atoms with Gasteiger partial charge in [0.25, 0.3) is 0 Å². The van der Waals surface area contributed by atoms with Gasteiger partial charge in [-0.3, -0.25) is 4.79 Å². The van der Waals surface area contributed by atoms with E-state index in [1.54, 1.807) is 0 Å². The van der Waals surface area contributed by atoms with E-state index in [9.17, 15) is 4.79 Å². The molecule has 1 aromatic rings. The second kappa shape index (κ2) is 5.80. The van der Waals surface area contributed by atoms with Gasteiger partial charge < -0.3 is 10.6 Å². The number of nitrogens with two attached hydrogens (primary N) is 1. The summed E-state index contributed by atoms with van der Waals surface area (Å²) >= 11 is 0. The first-order valence-electron chi connectivity index (χ1n) is 7.86. The molecule has 2 N–H and O–H groups in total. The van der Waals surface area contributed by atoms with Crippen LogP contribution in [0.5, 0.6) is 0 Å². The lowest BCUT2D eigenvalue weighted by atomic mass is 9.89. The lowest BCUT2D eigenvalue weighted by Gasteiger charge is -2.43. The summed E-state index contributed by atoms with van der Waals surface area (Å²) < 4.78 is 0. The summed E-state index contributed by atoms with van der Waals surface area (Å²) in [6, 6.07) is 6.41. The monoisotopic (exact) mass is 288 g/mol. The normalized spacial score (nSPS) is 24.1. The minimum Gasteiger partial charge on any atom is -0.329 e. The van der Waals surface area contributed by atoms with Crippen LogP contribution in [0.2, 0.25) is 0 Å². The number of hydrogen-bond donors (Lipinski definition) is 1. The third-order valence-electron chi connectivity index (χ3n) is 4.36. The average Bonchev–Trinajstić information content (AvgIpc) is 2.51. The van der Waals surface area contributed by atoms with Gasteiger partial charge in [0.2, 0.25) is 5.91 Å². The summed E-state index contributed by atoms with van der Waals surface area (Å²) in [6.45, 7) is 10.5. The third kappa shape index (κ3) is 3.29. The molecule has 2 unspecified atom stereocenters. The highest BCUT2D eigenvalue weighted by molar-refractivity contribution is 5.78. The molecule has 2 rings (SSSR count). The van der Waals surface area contributed by atoms with Gasteiger partial charge in [0.15, 0.2) is 0 Å². The van der Waals surface area contributed by atoms with Crippen LogP contribution in [-0.4, -0.2) is 22.4 Å². The minimum atomic E-state index is -0.222. The van der Waals surface area contributed by atoms with E-state index in [0.717, 1.165) is 12.8 Å². The zero-order chi connectivity index (χ0) is 15.8. The predicted molar refractivity (Wildman–Crippen MR) is 87.1 cm³/mol. The van der Waals surface area contributed by atoms with E-state index in [4.69, 9.17) is 5.73 Å². The molecule has 116 valence electrons. The number of aryl methyl sites for hydroxylation is 2. The van der Waals surface area contributed by atoms with Crippen LogP contribution in [0.1, 0.15) is 62.8 Å². The van der Waals surface area contributed by atoms with Crippen molar-refractivity contribution in [3.8, 4) is 0 Å². The molecule has 1 amide bonds. The van der Waals surface area contributed by atoms with Crippen molar-refractivity contribution < 1.29 is 4.79 Å². The van der Waals surface area contributed by atoms with Crippen molar-refractivity contribution in [2.24, 2.45) is 5.73 Å². The first kappa shape index (κ1) is 16.0. The Labute approximate surface area is 128 Å². The zero-order valence-corrected chi connectivity index (χ0v) is 13.9. The van der Waals surface area contributed by atoms with Gasteiger partial charge in [0, 0.05) is 18.0 Å². The maximum atomic E-state index is 12.7. The van der Waals surface area contributed by atoms with E-state index in [1.165, 1.54) is 16.7 Å². The number of hydrogen-bond acceptors (Lipinski definition) is 2. The standard InChI is InChI=1S/C18H28N2O/c1-12-9-10-13(2)14(11-12)17-15(19)7-6-8-16(21)20(17)18(3,4)5/h9-11,15,17H,6-8,19H2,1-5H3. The number of carbonyl (C=O) groups excluding carboxylic acids is 1. The molecule has 1 fully saturated rings. The van der Waals surface area contributed by atoms with Gasteiger partial charge in [0.1, 0.15) is 0 Å². The number of benzene rings is 1. The number of likely N-dealkylation sites (tertiary alicyclic amines) is 1. The molecule has 0 bridgehead atoms. The molecule has 1 aliphatic rings. The van der Waals surface area contributed by atoms with E-state index in [1.807, 2.05) is 4.90 Å². The van der Waals surface area contributed by atoms with Gasteiger partial charge in [-0.1, -0.05) is 23.8 Å². The summed E-state index contributed by atoms with van der Waals surface area (Å²) in [5.74, 6) is 0.223. The Bertz CT molecular complexity index is 531. The highest BCUT2D eigenvalue weighted by atomic mass is 16.2. The molecule has 0 aliphatic carbocycles. The van der Waals surface area contributed by atoms with E-state index in [0.29, 0.717) is 6.42 Å². The number of amides is 1. The Kier molecular flexibility index (Phi) is 4.43. The average molecular weight is 288 g/mol. The molecule has 0 aromatic heterocycles. The lowest BCUT2D eigenvalue weighted by molar-refractivity contribution is -0.139. The Hall–Kier alpha value is -1.35. The fraction of sp³-hybridized carbons (Fsp3) is 0.611.